The van der Waals surface area contributed by atoms with Crippen LogP contribution in [0.25, 0.3) is 10.8 Å². The van der Waals surface area contributed by atoms with Crippen molar-refractivity contribution in [2.45, 2.75) is 0 Å². The zero-order valence-corrected chi connectivity index (χ0v) is 12.1. The average molecular weight is 335 g/mol. The van der Waals surface area contributed by atoms with Gasteiger partial charge in [0.25, 0.3) is 0 Å². The van der Waals surface area contributed by atoms with Gasteiger partial charge < -0.3 is 0 Å². The molecule has 0 aliphatic carbocycles. The van der Waals surface area contributed by atoms with E-state index in [1.807, 2.05) is 12.1 Å². The number of fused-ring (bicyclic) bond motifs is 1. The van der Waals surface area contributed by atoms with Crippen LogP contribution < -0.4 is 0 Å². The second-order valence-corrected chi connectivity index (χ2v) is 6.54. The zero-order chi connectivity index (χ0) is 13.4. The van der Waals surface area contributed by atoms with Crippen molar-refractivity contribution in [1.82, 2.24) is 0 Å². The van der Waals surface area contributed by atoms with Crippen molar-refractivity contribution in [3.8, 4) is 0 Å². The molecule has 3 rings (SSSR count). The van der Waals surface area contributed by atoms with E-state index in [0.717, 1.165) is 3.79 Å². The van der Waals surface area contributed by atoms with Crippen molar-refractivity contribution in [3.63, 3.8) is 0 Å². The Balaban J connectivity index is 2.21. The summed E-state index contributed by atoms with van der Waals surface area (Å²) in [5.41, 5.74) is 0.534. The lowest BCUT2D eigenvalue weighted by Crippen LogP contribution is -2.00. The van der Waals surface area contributed by atoms with Gasteiger partial charge in [-0.05, 0) is 45.6 Å². The van der Waals surface area contributed by atoms with Crippen molar-refractivity contribution < 1.29 is 9.18 Å². The molecule has 0 N–H and O–H groups in total. The highest BCUT2D eigenvalue weighted by Gasteiger charge is 2.15. The highest BCUT2D eigenvalue weighted by molar-refractivity contribution is 9.11. The van der Waals surface area contributed by atoms with Crippen LogP contribution in [0.5, 0.6) is 0 Å². The van der Waals surface area contributed by atoms with E-state index in [2.05, 4.69) is 15.9 Å². The smallest absolute Gasteiger partial charge is 0.203 e. The second kappa shape index (κ2) is 4.87. The first-order chi connectivity index (χ1) is 9.16. The molecule has 0 aliphatic rings. The molecule has 0 spiro atoms. The van der Waals surface area contributed by atoms with Crippen LogP contribution in [-0.2, 0) is 0 Å². The summed E-state index contributed by atoms with van der Waals surface area (Å²) < 4.78 is 14.6. The molecule has 0 fully saturated rings. The summed E-state index contributed by atoms with van der Waals surface area (Å²) in [6.45, 7) is 0. The molecule has 1 aromatic heterocycles. The molecule has 3 aromatic rings. The first-order valence-corrected chi connectivity index (χ1v) is 7.25. The maximum Gasteiger partial charge on any atom is 0.203 e. The lowest BCUT2D eigenvalue weighted by atomic mass is 10.0. The molecule has 4 heteroatoms. The number of benzene rings is 2. The minimum Gasteiger partial charge on any atom is -0.288 e. The van der Waals surface area contributed by atoms with Crippen LogP contribution in [0.4, 0.5) is 4.39 Å². The van der Waals surface area contributed by atoms with Crippen LogP contribution in [0.15, 0.2) is 52.3 Å². The molecule has 0 atom stereocenters. The van der Waals surface area contributed by atoms with E-state index in [1.165, 1.54) is 17.4 Å². The van der Waals surface area contributed by atoms with Crippen molar-refractivity contribution in [3.05, 3.63) is 68.6 Å². The van der Waals surface area contributed by atoms with Crippen molar-refractivity contribution >= 4 is 43.8 Å². The number of hydrogen-bond acceptors (Lipinski definition) is 2. The van der Waals surface area contributed by atoms with E-state index in [-0.39, 0.29) is 11.6 Å². The van der Waals surface area contributed by atoms with E-state index in [0.29, 0.717) is 21.2 Å². The van der Waals surface area contributed by atoms with Gasteiger partial charge in [0, 0.05) is 10.9 Å². The number of halogens is 2. The fraction of sp³-hybridized carbons (Fsp3) is 0. The quantitative estimate of drug-likeness (QED) is 0.600. The number of thiophene rings is 1. The van der Waals surface area contributed by atoms with E-state index in [9.17, 15) is 9.18 Å². The van der Waals surface area contributed by atoms with E-state index in [1.54, 1.807) is 30.3 Å². The molecule has 0 bridgehead atoms. The van der Waals surface area contributed by atoms with Gasteiger partial charge in [-0.25, -0.2) is 4.39 Å². The zero-order valence-electron chi connectivity index (χ0n) is 9.69. The Labute approximate surface area is 121 Å². The summed E-state index contributed by atoms with van der Waals surface area (Å²) >= 11 is 4.72. The Bertz CT molecular complexity index is 779. The van der Waals surface area contributed by atoms with Gasteiger partial charge in [0.15, 0.2) is 0 Å². The number of rotatable bonds is 2. The summed E-state index contributed by atoms with van der Waals surface area (Å²) in [5, 5.41) is 1.13. The second-order valence-electron chi connectivity index (χ2n) is 4.07. The van der Waals surface area contributed by atoms with Crippen LogP contribution in [0.1, 0.15) is 15.2 Å². The predicted molar refractivity (Wildman–Crippen MR) is 79.4 cm³/mol. The van der Waals surface area contributed by atoms with Gasteiger partial charge in [-0.3, -0.25) is 4.79 Å². The molecule has 0 saturated carbocycles. The van der Waals surface area contributed by atoms with Crippen molar-refractivity contribution in [2.75, 3.05) is 0 Å². The van der Waals surface area contributed by atoms with Crippen LogP contribution in [-0.4, -0.2) is 5.78 Å². The minimum atomic E-state index is -0.306. The lowest BCUT2D eigenvalue weighted by Gasteiger charge is -2.05. The Morgan fingerprint density at radius 1 is 1.00 bits per heavy atom. The van der Waals surface area contributed by atoms with Crippen LogP contribution in [0.3, 0.4) is 0 Å². The Hall–Kier alpha value is -1.52. The molecule has 0 aliphatic heterocycles. The molecule has 0 amide bonds. The molecule has 0 radical (unpaired) electrons. The van der Waals surface area contributed by atoms with Gasteiger partial charge in [0.05, 0.1) is 8.66 Å². The third-order valence-corrected chi connectivity index (χ3v) is 4.53. The average Bonchev–Trinajstić information content (AvgIpc) is 2.86. The number of ketones is 1. The standard InChI is InChI=1S/C15H8BrFOS/c16-14-8-7-13(19-14)15(18)11-5-6-12(17)10-4-2-1-3-9(10)11/h1-8H. The molecule has 94 valence electrons. The van der Waals surface area contributed by atoms with Gasteiger partial charge in [-0.2, -0.15) is 0 Å². The number of carbonyl (C=O) groups is 1. The van der Waals surface area contributed by atoms with Crippen LogP contribution in [0.2, 0.25) is 0 Å². The maximum atomic E-state index is 13.7. The molecule has 0 saturated heterocycles. The normalized spacial score (nSPS) is 10.8. The van der Waals surface area contributed by atoms with E-state index < -0.39 is 0 Å². The third kappa shape index (κ3) is 2.22. The van der Waals surface area contributed by atoms with Gasteiger partial charge >= 0.3 is 0 Å². The van der Waals surface area contributed by atoms with E-state index >= 15 is 0 Å². The van der Waals surface area contributed by atoms with Gasteiger partial charge in [-0.15, -0.1) is 11.3 Å². The minimum absolute atomic E-state index is 0.0769. The highest BCUT2D eigenvalue weighted by Crippen LogP contribution is 2.28. The topological polar surface area (TPSA) is 17.1 Å². The Kier molecular flexibility index (Phi) is 3.21. The fourth-order valence-corrected chi connectivity index (χ4v) is 3.37. The maximum absolute atomic E-state index is 13.7. The largest absolute Gasteiger partial charge is 0.288 e. The summed E-state index contributed by atoms with van der Waals surface area (Å²) in [5.74, 6) is -0.383. The summed E-state index contributed by atoms with van der Waals surface area (Å²) in [4.78, 5) is 13.1. The van der Waals surface area contributed by atoms with Gasteiger partial charge in [0.2, 0.25) is 5.78 Å². The third-order valence-electron chi connectivity index (χ3n) is 2.91. The number of hydrogen-bond donors (Lipinski definition) is 0. The van der Waals surface area contributed by atoms with Crippen LogP contribution in [0, 0.1) is 5.82 Å². The molecular formula is C15H8BrFOS. The molecule has 1 heterocycles. The van der Waals surface area contributed by atoms with E-state index in [4.69, 9.17) is 0 Å². The van der Waals surface area contributed by atoms with Crippen LogP contribution >= 0.6 is 27.3 Å². The molecular weight excluding hydrogens is 327 g/mol. The molecule has 2 aromatic carbocycles. The predicted octanol–water partition coefficient (Wildman–Crippen LogP) is 5.03. The molecule has 19 heavy (non-hydrogen) atoms. The SMILES string of the molecule is O=C(c1ccc(Br)s1)c1ccc(F)c2ccccc12. The summed E-state index contributed by atoms with van der Waals surface area (Å²) in [6.07, 6.45) is 0. The van der Waals surface area contributed by atoms with Gasteiger partial charge in [-0.1, -0.05) is 24.3 Å². The monoisotopic (exact) mass is 334 g/mol. The Morgan fingerprint density at radius 2 is 1.74 bits per heavy atom. The molecule has 0 unspecified atom stereocenters. The Morgan fingerprint density at radius 3 is 2.42 bits per heavy atom. The van der Waals surface area contributed by atoms with Crippen molar-refractivity contribution in [1.29, 1.82) is 0 Å². The van der Waals surface area contributed by atoms with Gasteiger partial charge in [0.1, 0.15) is 5.82 Å². The number of carbonyl (C=O) groups excluding carboxylic acids is 1. The first-order valence-electron chi connectivity index (χ1n) is 5.64. The fourth-order valence-electron chi connectivity index (χ4n) is 2.03. The summed E-state index contributed by atoms with van der Waals surface area (Å²) in [7, 11) is 0. The first kappa shape index (κ1) is 12.5. The lowest BCUT2D eigenvalue weighted by molar-refractivity contribution is 0.104. The van der Waals surface area contributed by atoms with Crippen molar-refractivity contribution in [2.24, 2.45) is 0 Å². The summed E-state index contributed by atoms with van der Waals surface area (Å²) in [6, 6.07) is 13.5. The molecule has 1 nitrogen and oxygen atoms in total. The highest BCUT2D eigenvalue weighted by atomic mass is 79.9.